The minimum atomic E-state index is 0. The van der Waals surface area contributed by atoms with Gasteiger partial charge < -0.3 is 4.90 Å². The summed E-state index contributed by atoms with van der Waals surface area (Å²) in [5.74, 6) is 0. The van der Waals surface area contributed by atoms with Crippen LogP contribution in [0.15, 0.2) is 58.3 Å². The third kappa shape index (κ3) is 4.18. The van der Waals surface area contributed by atoms with E-state index in [1.807, 2.05) is 17.8 Å². The molecule has 0 bridgehead atoms. The van der Waals surface area contributed by atoms with Crippen LogP contribution in [0.3, 0.4) is 0 Å². The third-order valence-electron chi connectivity index (χ3n) is 4.32. The van der Waals surface area contributed by atoms with Gasteiger partial charge in [0, 0.05) is 21.4 Å². The van der Waals surface area contributed by atoms with Crippen LogP contribution >= 0.6 is 35.8 Å². The monoisotopic (exact) mass is 379 g/mol. The Bertz CT molecular complexity index is 723. The van der Waals surface area contributed by atoms with E-state index in [0.717, 1.165) is 31.1 Å². The third-order valence-corrected chi connectivity index (χ3v) is 5.70. The zero-order valence-corrected chi connectivity index (χ0v) is 16.5. The molecule has 0 saturated heterocycles. The van der Waals surface area contributed by atoms with Crippen molar-refractivity contribution in [2.45, 2.75) is 30.1 Å². The summed E-state index contributed by atoms with van der Waals surface area (Å²) in [6, 6.07) is 14.9. The lowest BCUT2D eigenvalue weighted by atomic mass is 9.96. The lowest BCUT2D eigenvalue weighted by Crippen LogP contribution is -2.23. The lowest BCUT2D eigenvalue weighted by molar-refractivity contribution is 0.310. The zero-order chi connectivity index (χ0) is 16.2. The van der Waals surface area contributed by atoms with Gasteiger partial charge in [-0.05, 0) is 60.5 Å². The predicted octanol–water partition coefficient (Wildman–Crippen LogP) is 6.39. The number of benzene rings is 2. The summed E-state index contributed by atoms with van der Waals surface area (Å²) in [7, 11) is 0. The molecule has 0 radical (unpaired) electrons. The van der Waals surface area contributed by atoms with Crippen LogP contribution in [-0.4, -0.2) is 24.5 Å². The van der Waals surface area contributed by atoms with Crippen molar-refractivity contribution in [3.05, 3.63) is 64.7 Å². The molecule has 1 aliphatic heterocycles. The Morgan fingerprint density at radius 2 is 1.71 bits per heavy atom. The second kappa shape index (κ2) is 8.96. The molecular weight excluding hydrogens is 357 g/mol. The second-order valence-corrected chi connectivity index (χ2v) is 7.19. The summed E-state index contributed by atoms with van der Waals surface area (Å²) in [4.78, 5) is 5.08. The van der Waals surface area contributed by atoms with Gasteiger partial charge in [0.15, 0.2) is 0 Å². The molecule has 2 aromatic rings. The molecule has 0 aliphatic carbocycles. The number of rotatable bonds is 5. The van der Waals surface area contributed by atoms with E-state index < -0.39 is 0 Å². The highest BCUT2D eigenvalue weighted by Crippen LogP contribution is 2.46. The Kier molecular flexibility index (Phi) is 7.24. The van der Waals surface area contributed by atoms with E-state index in [2.05, 4.69) is 61.2 Å². The Labute approximate surface area is 160 Å². The number of hydrogen-bond donors (Lipinski definition) is 0. The standard InChI is InChI=1S/C20H22ClNS.ClH/c1-3-22(4-2)13-7-9-16-17-8-5-6-10-19(17)23-20-12-11-15(21)14-18(16)20;/h5-6,8-12,14H,3-4,7,13H2,1-2H3;1H. The number of halogens is 2. The van der Waals surface area contributed by atoms with Gasteiger partial charge in [0.2, 0.25) is 0 Å². The average molecular weight is 380 g/mol. The van der Waals surface area contributed by atoms with Crippen LogP contribution < -0.4 is 0 Å². The smallest absolute Gasteiger partial charge is 0.0412 e. The minimum absolute atomic E-state index is 0. The summed E-state index contributed by atoms with van der Waals surface area (Å²) in [6.45, 7) is 7.75. The van der Waals surface area contributed by atoms with E-state index in [0.29, 0.717) is 0 Å². The highest BCUT2D eigenvalue weighted by molar-refractivity contribution is 7.99. The minimum Gasteiger partial charge on any atom is -0.304 e. The van der Waals surface area contributed by atoms with Gasteiger partial charge in [-0.1, -0.05) is 61.5 Å². The van der Waals surface area contributed by atoms with Gasteiger partial charge in [-0.2, -0.15) is 0 Å². The van der Waals surface area contributed by atoms with Crippen LogP contribution in [-0.2, 0) is 0 Å². The van der Waals surface area contributed by atoms with Crippen molar-refractivity contribution in [1.82, 2.24) is 4.90 Å². The molecule has 4 heteroatoms. The summed E-state index contributed by atoms with van der Waals surface area (Å²) in [5.41, 5.74) is 3.91. The van der Waals surface area contributed by atoms with Crippen molar-refractivity contribution in [2.24, 2.45) is 0 Å². The Morgan fingerprint density at radius 1 is 1.00 bits per heavy atom. The largest absolute Gasteiger partial charge is 0.304 e. The number of fused-ring (bicyclic) bond motifs is 2. The number of hydrogen-bond acceptors (Lipinski definition) is 2. The Balaban J connectivity index is 0.00000208. The van der Waals surface area contributed by atoms with E-state index in [4.69, 9.17) is 11.6 Å². The molecule has 0 N–H and O–H groups in total. The van der Waals surface area contributed by atoms with E-state index in [1.165, 1.54) is 26.5 Å². The molecule has 3 rings (SSSR count). The maximum atomic E-state index is 6.25. The molecule has 1 aliphatic rings. The van der Waals surface area contributed by atoms with Gasteiger partial charge in [-0.15, -0.1) is 12.4 Å². The molecule has 0 aromatic heterocycles. The van der Waals surface area contributed by atoms with Crippen molar-refractivity contribution in [2.75, 3.05) is 19.6 Å². The van der Waals surface area contributed by atoms with Gasteiger partial charge in [0.25, 0.3) is 0 Å². The molecule has 0 amide bonds. The predicted molar refractivity (Wildman–Crippen MR) is 109 cm³/mol. The lowest BCUT2D eigenvalue weighted by Gasteiger charge is -2.23. The topological polar surface area (TPSA) is 3.24 Å². The van der Waals surface area contributed by atoms with Crippen molar-refractivity contribution in [3.63, 3.8) is 0 Å². The van der Waals surface area contributed by atoms with Crippen LogP contribution in [0.2, 0.25) is 5.02 Å². The maximum absolute atomic E-state index is 6.25. The molecular formula is C20H23Cl2NS. The van der Waals surface area contributed by atoms with Crippen LogP contribution in [0.4, 0.5) is 0 Å². The fourth-order valence-electron chi connectivity index (χ4n) is 2.99. The highest BCUT2D eigenvalue weighted by atomic mass is 35.5. The fraction of sp³-hybridized carbons (Fsp3) is 0.300. The summed E-state index contributed by atoms with van der Waals surface area (Å²) in [6.07, 6.45) is 3.44. The number of nitrogens with zero attached hydrogens (tertiary/aromatic N) is 1. The second-order valence-electron chi connectivity index (χ2n) is 5.67. The van der Waals surface area contributed by atoms with Gasteiger partial charge in [-0.25, -0.2) is 0 Å². The first-order valence-electron chi connectivity index (χ1n) is 8.22. The molecule has 1 nitrogen and oxygen atoms in total. The molecule has 1 heterocycles. The SMILES string of the molecule is CCN(CC)CCC=C1c2ccccc2Sc2ccc(Cl)cc21.Cl. The van der Waals surface area contributed by atoms with E-state index in [-0.39, 0.29) is 12.4 Å². The summed E-state index contributed by atoms with van der Waals surface area (Å²) in [5, 5.41) is 0.804. The van der Waals surface area contributed by atoms with E-state index in [1.54, 1.807) is 0 Å². The fourth-order valence-corrected chi connectivity index (χ4v) is 4.25. The summed E-state index contributed by atoms with van der Waals surface area (Å²) < 4.78 is 0. The molecule has 0 saturated carbocycles. The van der Waals surface area contributed by atoms with Crippen LogP contribution in [0, 0.1) is 0 Å². The molecule has 24 heavy (non-hydrogen) atoms. The van der Waals surface area contributed by atoms with Crippen LogP contribution in [0.5, 0.6) is 0 Å². The molecule has 0 atom stereocenters. The van der Waals surface area contributed by atoms with Gasteiger partial charge in [0.05, 0.1) is 0 Å². The van der Waals surface area contributed by atoms with Crippen molar-refractivity contribution < 1.29 is 0 Å². The summed E-state index contributed by atoms with van der Waals surface area (Å²) >= 11 is 8.09. The normalized spacial score (nSPS) is 14.2. The molecule has 0 spiro atoms. The van der Waals surface area contributed by atoms with Crippen LogP contribution in [0.1, 0.15) is 31.4 Å². The van der Waals surface area contributed by atoms with E-state index in [9.17, 15) is 0 Å². The first kappa shape index (κ1) is 19.4. The average Bonchev–Trinajstić information content (AvgIpc) is 2.58. The molecule has 2 aromatic carbocycles. The molecule has 0 fully saturated rings. The Hall–Kier alpha value is -0.930. The molecule has 128 valence electrons. The van der Waals surface area contributed by atoms with Crippen molar-refractivity contribution in [3.8, 4) is 0 Å². The van der Waals surface area contributed by atoms with Gasteiger partial charge >= 0.3 is 0 Å². The van der Waals surface area contributed by atoms with Crippen molar-refractivity contribution in [1.29, 1.82) is 0 Å². The molecule has 0 unspecified atom stereocenters. The maximum Gasteiger partial charge on any atom is 0.0412 e. The quantitative estimate of drug-likeness (QED) is 0.505. The van der Waals surface area contributed by atoms with Crippen molar-refractivity contribution >= 4 is 41.3 Å². The van der Waals surface area contributed by atoms with Crippen LogP contribution in [0.25, 0.3) is 5.57 Å². The first-order valence-corrected chi connectivity index (χ1v) is 9.42. The van der Waals surface area contributed by atoms with Gasteiger partial charge in [-0.3, -0.25) is 0 Å². The zero-order valence-electron chi connectivity index (χ0n) is 14.1. The Morgan fingerprint density at radius 3 is 2.46 bits per heavy atom. The first-order chi connectivity index (χ1) is 11.2. The highest BCUT2D eigenvalue weighted by Gasteiger charge is 2.20. The van der Waals surface area contributed by atoms with E-state index >= 15 is 0 Å². The van der Waals surface area contributed by atoms with Gasteiger partial charge in [0.1, 0.15) is 0 Å².